The highest BCUT2D eigenvalue weighted by atomic mass is 35.5. The van der Waals surface area contributed by atoms with Gasteiger partial charge in [0.1, 0.15) is 6.33 Å². The molecule has 0 N–H and O–H groups in total. The Bertz CT molecular complexity index is 399. The Morgan fingerprint density at radius 3 is 2.87 bits per heavy atom. The quantitative estimate of drug-likeness (QED) is 0.458. The summed E-state index contributed by atoms with van der Waals surface area (Å²) < 4.78 is 4.97. The Balaban J connectivity index is 2.27. The first-order valence-electron chi connectivity index (χ1n) is 4.08. The third-order valence-corrected chi connectivity index (χ3v) is 3.22. The molecule has 1 aliphatic heterocycles. The lowest BCUT2D eigenvalue weighted by atomic mass is 10.4. The van der Waals surface area contributed by atoms with Crippen molar-refractivity contribution in [2.24, 2.45) is 0 Å². The van der Waals surface area contributed by atoms with Crippen LogP contribution in [0, 0.1) is 10.1 Å². The minimum atomic E-state index is -0.565. The van der Waals surface area contributed by atoms with Gasteiger partial charge in [-0.3, -0.25) is 10.1 Å². The van der Waals surface area contributed by atoms with E-state index < -0.39 is 4.92 Å². The van der Waals surface area contributed by atoms with Gasteiger partial charge < -0.3 is 4.74 Å². The van der Waals surface area contributed by atoms with Crippen molar-refractivity contribution in [2.45, 2.75) is 10.3 Å². The van der Waals surface area contributed by atoms with Crippen LogP contribution in [0.15, 0.2) is 11.4 Å². The molecule has 1 aromatic rings. The molecular formula is C7H6ClN3O3S. The van der Waals surface area contributed by atoms with E-state index in [0.717, 1.165) is 0 Å². The summed E-state index contributed by atoms with van der Waals surface area (Å²) in [6, 6.07) is 0. The van der Waals surface area contributed by atoms with Crippen LogP contribution < -0.4 is 0 Å². The van der Waals surface area contributed by atoms with E-state index in [1.165, 1.54) is 18.1 Å². The fourth-order valence-corrected chi connectivity index (χ4v) is 2.32. The Hall–Kier alpha value is -0.920. The first-order valence-corrected chi connectivity index (χ1v) is 5.33. The monoisotopic (exact) mass is 247 g/mol. The number of rotatable bonds is 3. The van der Waals surface area contributed by atoms with Crippen molar-refractivity contribution in [3.63, 3.8) is 0 Å². The van der Waals surface area contributed by atoms with Crippen molar-refractivity contribution in [3.8, 4) is 0 Å². The van der Waals surface area contributed by atoms with E-state index in [-0.39, 0.29) is 16.1 Å². The molecule has 0 amide bonds. The van der Waals surface area contributed by atoms with Crippen molar-refractivity contribution in [1.29, 1.82) is 0 Å². The summed E-state index contributed by atoms with van der Waals surface area (Å²) in [4.78, 5) is 17.6. The highest BCUT2D eigenvalue weighted by Crippen LogP contribution is 2.35. The average Bonchev–Trinajstić information content (AvgIpc) is 2.10. The van der Waals surface area contributed by atoms with Crippen LogP contribution in [0.4, 0.5) is 5.69 Å². The Kier molecular flexibility index (Phi) is 3.03. The number of nitrogens with zero attached hydrogens (tertiary/aromatic N) is 3. The molecule has 0 saturated carbocycles. The number of nitro groups is 1. The van der Waals surface area contributed by atoms with Gasteiger partial charge in [-0.05, 0) is 0 Å². The molecule has 0 bridgehead atoms. The molecule has 1 aliphatic rings. The smallest absolute Gasteiger partial charge is 0.338 e. The third kappa shape index (κ3) is 2.19. The standard InChI is InChI=1S/C7H6ClN3O3S/c8-6-5(11(12)13)7(10-3-9-6)15-4-1-14-2-4/h3-4H,1-2H2. The molecule has 0 atom stereocenters. The summed E-state index contributed by atoms with van der Waals surface area (Å²) >= 11 is 6.93. The van der Waals surface area contributed by atoms with Gasteiger partial charge in [0.2, 0.25) is 5.15 Å². The van der Waals surface area contributed by atoms with Crippen LogP contribution in [-0.2, 0) is 4.74 Å². The highest BCUT2D eigenvalue weighted by molar-refractivity contribution is 8.00. The Morgan fingerprint density at radius 2 is 2.33 bits per heavy atom. The van der Waals surface area contributed by atoms with E-state index >= 15 is 0 Å². The summed E-state index contributed by atoms with van der Waals surface area (Å²) in [5, 5.41) is 11.1. The SMILES string of the molecule is O=[N+]([O-])c1c(Cl)ncnc1SC1COC1. The maximum atomic E-state index is 10.7. The molecule has 1 aromatic heterocycles. The molecule has 6 nitrogen and oxygen atoms in total. The van der Waals surface area contributed by atoms with Gasteiger partial charge >= 0.3 is 5.69 Å². The van der Waals surface area contributed by atoms with Crippen LogP contribution in [0.25, 0.3) is 0 Å². The molecule has 1 fully saturated rings. The van der Waals surface area contributed by atoms with Gasteiger partial charge in [-0.1, -0.05) is 23.4 Å². The molecule has 2 rings (SSSR count). The van der Waals surface area contributed by atoms with Crippen LogP contribution in [0.5, 0.6) is 0 Å². The van der Waals surface area contributed by atoms with Crippen LogP contribution >= 0.6 is 23.4 Å². The lowest BCUT2D eigenvalue weighted by Gasteiger charge is -2.24. The second-order valence-corrected chi connectivity index (χ2v) is 4.50. The van der Waals surface area contributed by atoms with Gasteiger partial charge in [0.05, 0.1) is 23.4 Å². The van der Waals surface area contributed by atoms with Gasteiger partial charge in [-0.25, -0.2) is 9.97 Å². The van der Waals surface area contributed by atoms with Crippen molar-refractivity contribution in [3.05, 3.63) is 21.6 Å². The molecule has 0 radical (unpaired) electrons. The first-order chi connectivity index (χ1) is 7.18. The molecule has 0 spiro atoms. The fourth-order valence-electron chi connectivity index (χ4n) is 1.02. The molecule has 15 heavy (non-hydrogen) atoms. The number of hydrogen-bond acceptors (Lipinski definition) is 6. The molecule has 2 heterocycles. The molecule has 80 valence electrons. The van der Waals surface area contributed by atoms with Crippen molar-refractivity contribution >= 4 is 29.1 Å². The van der Waals surface area contributed by atoms with Gasteiger partial charge in [-0.15, -0.1) is 0 Å². The van der Waals surface area contributed by atoms with Crippen LogP contribution in [0.3, 0.4) is 0 Å². The van der Waals surface area contributed by atoms with E-state index in [1.54, 1.807) is 0 Å². The summed E-state index contributed by atoms with van der Waals surface area (Å²) in [7, 11) is 0. The Morgan fingerprint density at radius 1 is 1.60 bits per heavy atom. The molecule has 1 saturated heterocycles. The van der Waals surface area contributed by atoms with Gasteiger partial charge in [0.25, 0.3) is 0 Å². The molecule has 0 aliphatic carbocycles. The first kappa shape index (κ1) is 10.6. The van der Waals surface area contributed by atoms with E-state index in [2.05, 4.69) is 9.97 Å². The van der Waals surface area contributed by atoms with Crippen LogP contribution in [-0.4, -0.2) is 33.4 Å². The number of hydrogen-bond donors (Lipinski definition) is 0. The summed E-state index contributed by atoms with van der Waals surface area (Å²) in [5.74, 6) is 0. The van der Waals surface area contributed by atoms with E-state index in [9.17, 15) is 10.1 Å². The molecule has 8 heteroatoms. The maximum Gasteiger partial charge on any atom is 0.338 e. The third-order valence-electron chi connectivity index (χ3n) is 1.81. The molecule has 0 aromatic carbocycles. The average molecular weight is 248 g/mol. The number of aromatic nitrogens is 2. The lowest BCUT2D eigenvalue weighted by Crippen LogP contribution is -2.30. The zero-order chi connectivity index (χ0) is 10.8. The lowest BCUT2D eigenvalue weighted by molar-refractivity contribution is -0.388. The molecule has 0 unspecified atom stereocenters. The minimum absolute atomic E-state index is 0.127. The van der Waals surface area contributed by atoms with Gasteiger partial charge in [0.15, 0.2) is 5.03 Å². The summed E-state index contributed by atoms with van der Waals surface area (Å²) in [5.41, 5.74) is -0.226. The normalized spacial score (nSPS) is 16.1. The largest absolute Gasteiger partial charge is 0.379 e. The van der Waals surface area contributed by atoms with E-state index in [0.29, 0.717) is 18.2 Å². The second-order valence-electron chi connectivity index (χ2n) is 2.85. The summed E-state index contributed by atoms with van der Waals surface area (Å²) in [6.07, 6.45) is 1.22. The summed E-state index contributed by atoms with van der Waals surface area (Å²) in [6.45, 7) is 1.17. The zero-order valence-corrected chi connectivity index (χ0v) is 8.99. The van der Waals surface area contributed by atoms with Crippen molar-refractivity contribution in [1.82, 2.24) is 9.97 Å². The van der Waals surface area contributed by atoms with Gasteiger partial charge in [0, 0.05) is 0 Å². The van der Waals surface area contributed by atoms with E-state index in [4.69, 9.17) is 16.3 Å². The van der Waals surface area contributed by atoms with Crippen LogP contribution in [0.2, 0.25) is 5.15 Å². The predicted octanol–water partition coefficient (Wildman–Crippen LogP) is 1.53. The minimum Gasteiger partial charge on any atom is -0.379 e. The zero-order valence-electron chi connectivity index (χ0n) is 7.42. The van der Waals surface area contributed by atoms with Gasteiger partial charge in [-0.2, -0.15) is 0 Å². The van der Waals surface area contributed by atoms with Crippen molar-refractivity contribution in [2.75, 3.05) is 13.2 Å². The molecular weight excluding hydrogens is 242 g/mol. The van der Waals surface area contributed by atoms with Crippen LogP contribution in [0.1, 0.15) is 0 Å². The topological polar surface area (TPSA) is 78.2 Å². The number of thioether (sulfide) groups is 1. The second kappa shape index (κ2) is 4.30. The fraction of sp³-hybridized carbons (Fsp3) is 0.429. The predicted molar refractivity (Wildman–Crippen MR) is 54.2 cm³/mol. The van der Waals surface area contributed by atoms with Crippen molar-refractivity contribution < 1.29 is 9.66 Å². The van der Waals surface area contributed by atoms with E-state index in [1.807, 2.05) is 0 Å². The Labute approximate surface area is 94.2 Å². The number of halogens is 1. The number of ether oxygens (including phenoxy) is 1. The maximum absolute atomic E-state index is 10.7. The highest BCUT2D eigenvalue weighted by Gasteiger charge is 2.27.